The molecule has 0 aromatic heterocycles. The molecule has 23 heavy (non-hydrogen) atoms. The van der Waals surface area contributed by atoms with Gasteiger partial charge in [0.2, 0.25) is 11.6 Å². The molecule has 7 N–H and O–H groups in total. The predicted molar refractivity (Wildman–Crippen MR) is 66.5 cm³/mol. The maximum absolute atomic E-state index is 10.1. The van der Waals surface area contributed by atoms with Gasteiger partial charge in [-0.3, -0.25) is 0 Å². The molecule has 11 nitrogen and oxygen atoms in total. The van der Waals surface area contributed by atoms with Crippen LogP contribution in [-0.2, 0) is 18.9 Å². The Bertz CT molecular complexity index is 449. The summed E-state index contributed by atoms with van der Waals surface area (Å²) < 4.78 is 20.8. The van der Waals surface area contributed by atoms with Crippen LogP contribution in [0.4, 0.5) is 0 Å². The molecule has 4 aliphatic rings. The molecule has 134 valence electrons. The van der Waals surface area contributed by atoms with E-state index in [1.807, 2.05) is 0 Å². The monoisotopic (exact) mass is 340 g/mol. The quantitative estimate of drug-likeness (QED) is 0.255. The normalized spacial score (nSPS) is 55.7. The third-order valence-electron chi connectivity index (χ3n) is 4.47. The highest BCUT2D eigenvalue weighted by Gasteiger charge is 2.68. The van der Waals surface area contributed by atoms with Crippen LogP contribution in [0.15, 0.2) is 0 Å². The van der Waals surface area contributed by atoms with Gasteiger partial charge in [0.1, 0.15) is 49.8 Å². The lowest BCUT2D eigenvalue weighted by atomic mass is 9.89. The van der Waals surface area contributed by atoms with E-state index in [0.29, 0.717) is 0 Å². The molecule has 0 aliphatic carbocycles. The van der Waals surface area contributed by atoms with Gasteiger partial charge in [-0.2, -0.15) is 0 Å². The molecule has 4 fully saturated rings. The molecule has 4 saturated heterocycles. The van der Waals surface area contributed by atoms with E-state index in [0.717, 1.165) is 0 Å². The molecule has 0 radical (unpaired) electrons. The molecule has 0 saturated carbocycles. The molecular weight excluding hydrogens is 320 g/mol. The van der Waals surface area contributed by atoms with Crippen LogP contribution in [0.1, 0.15) is 0 Å². The molecule has 4 heterocycles. The van der Waals surface area contributed by atoms with E-state index >= 15 is 0 Å². The zero-order valence-corrected chi connectivity index (χ0v) is 11.9. The van der Waals surface area contributed by atoms with Crippen LogP contribution in [0, 0.1) is 0 Å². The van der Waals surface area contributed by atoms with Gasteiger partial charge in [0.25, 0.3) is 0 Å². The summed E-state index contributed by atoms with van der Waals surface area (Å²) in [7, 11) is 0. The zero-order chi connectivity index (χ0) is 17.0. The van der Waals surface area contributed by atoms with Gasteiger partial charge in [-0.05, 0) is 0 Å². The summed E-state index contributed by atoms with van der Waals surface area (Å²) in [6, 6.07) is 0. The fourth-order valence-electron chi connectivity index (χ4n) is 3.05. The SMILES string of the molecule is OC[C@H]1O[C@@](CO)(O[C@H]2OC3(CO)OC([C@@H]2O)[C@@H]3O)C(O)[C@H]1O. The Labute approximate surface area is 130 Å². The smallest absolute Gasteiger partial charge is 0.224 e. The van der Waals surface area contributed by atoms with Crippen LogP contribution in [-0.4, -0.2) is 110 Å². The van der Waals surface area contributed by atoms with Gasteiger partial charge in [-0.25, -0.2) is 0 Å². The topological polar surface area (TPSA) is 179 Å². The van der Waals surface area contributed by atoms with Crippen molar-refractivity contribution in [3.05, 3.63) is 0 Å². The van der Waals surface area contributed by atoms with Crippen LogP contribution < -0.4 is 0 Å². The van der Waals surface area contributed by atoms with Gasteiger partial charge in [-0.1, -0.05) is 0 Å². The summed E-state index contributed by atoms with van der Waals surface area (Å²) in [6.45, 7) is -2.26. The molecular formula is C12H20O11. The number of rotatable bonds is 5. The number of aliphatic hydroxyl groups is 7. The van der Waals surface area contributed by atoms with Gasteiger partial charge in [0, 0.05) is 0 Å². The minimum absolute atomic E-state index is 0.636. The minimum atomic E-state index is -2.15. The fourth-order valence-corrected chi connectivity index (χ4v) is 3.05. The predicted octanol–water partition coefficient (Wildman–Crippen LogP) is -5.03. The molecule has 0 amide bonds. The van der Waals surface area contributed by atoms with E-state index in [9.17, 15) is 30.6 Å². The van der Waals surface area contributed by atoms with Crippen molar-refractivity contribution >= 4 is 0 Å². The van der Waals surface area contributed by atoms with Gasteiger partial charge in [0.15, 0.2) is 6.29 Å². The molecule has 9 atom stereocenters. The van der Waals surface area contributed by atoms with E-state index in [2.05, 4.69) is 0 Å². The summed E-state index contributed by atoms with van der Waals surface area (Å²) in [5, 5.41) is 67.6. The van der Waals surface area contributed by atoms with Gasteiger partial charge >= 0.3 is 0 Å². The van der Waals surface area contributed by atoms with E-state index in [-0.39, 0.29) is 0 Å². The maximum Gasteiger partial charge on any atom is 0.224 e. The number of fused-ring (bicyclic) bond motifs is 2. The second-order valence-electron chi connectivity index (χ2n) is 5.84. The molecule has 2 bridgehead atoms. The van der Waals surface area contributed by atoms with E-state index in [4.69, 9.17) is 24.1 Å². The number of hydrogen-bond donors (Lipinski definition) is 7. The maximum atomic E-state index is 10.1. The summed E-state index contributed by atoms with van der Waals surface area (Å²) >= 11 is 0. The highest BCUT2D eigenvalue weighted by atomic mass is 16.9. The average molecular weight is 340 g/mol. The van der Waals surface area contributed by atoms with Crippen molar-refractivity contribution in [2.24, 2.45) is 0 Å². The Balaban J connectivity index is 1.78. The van der Waals surface area contributed by atoms with Crippen molar-refractivity contribution in [1.82, 2.24) is 0 Å². The second-order valence-corrected chi connectivity index (χ2v) is 5.84. The Morgan fingerprint density at radius 2 is 1.52 bits per heavy atom. The van der Waals surface area contributed by atoms with Crippen LogP contribution in [0.2, 0.25) is 0 Å². The molecule has 0 aromatic rings. The number of aliphatic hydroxyl groups excluding tert-OH is 7. The first kappa shape index (κ1) is 17.4. The van der Waals surface area contributed by atoms with Gasteiger partial charge in [-0.15, -0.1) is 0 Å². The lowest BCUT2D eigenvalue weighted by Gasteiger charge is -2.59. The van der Waals surface area contributed by atoms with Crippen molar-refractivity contribution < 1.29 is 54.7 Å². The molecule has 3 unspecified atom stereocenters. The largest absolute Gasteiger partial charge is 0.394 e. The van der Waals surface area contributed by atoms with Crippen molar-refractivity contribution in [3.63, 3.8) is 0 Å². The zero-order valence-electron chi connectivity index (χ0n) is 11.9. The fraction of sp³-hybridized carbons (Fsp3) is 1.00. The van der Waals surface area contributed by atoms with Crippen LogP contribution in [0.25, 0.3) is 0 Å². The molecule has 0 aromatic carbocycles. The number of ether oxygens (including phenoxy) is 4. The highest BCUT2D eigenvalue weighted by Crippen LogP contribution is 2.45. The van der Waals surface area contributed by atoms with Gasteiger partial charge in [0.05, 0.1) is 6.61 Å². The van der Waals surface area contributed by atoms with Gasteiger partial charge < -0.3 is 54.7 Å². The first-order valence-electron chi connectivity index (χ1n) is 7.10. The summed E-state index contributed by atoms with van der Waals surface area (Å²) in [6.07, 6.45) is -9.85. The third-order valence-corrected chi connectivity index (χ3v) is 4.47. The van der Waals surface area contributed by atoms with Crippen molar-refractivity contribution in [2.45, 2.75) is 54.5 Å². The Kier molecular flexibility index (Phi) is 4.40. The van der Waals surface area contributed by atoms with Crippen molar-refractivity contribution in [3.8, 4) is 0 Å². The first-order valence-corrected chi connectivity index (χ1v) is 7.10. The second kappa shape index (κ2) is 5.82. The molecule has 11 heteroatoms. The lowest BCUT2D eigenvalue weighted by Crippen LogP contribution is -2.79. The molecule has 0 spiro atoms. The van der Waals surface area contributed by atoms with Crippen LogP contribution in [0.5, 0.6) is 0 Å². The summed E-state index contributed by atoms with van der Waals surface area (Å²) in [4.78, 5) is 0. The summed E-state index contributed by atoms with van der Waals surface area (Å²) in [5.41, 5.74) is 0. The van der Waals surface area contributed by atoms with Crippen LogP contribution in [0.3, 0.4) is 0 Å². The minimum Gasteiger partial charge on any atom is -0.394 e. The third kappa shape index (κ3) is 2.33. The Morgan fingerprint density at radius 1 is 0.826 bits per heavy atom. The summed E-state index contributed by atoms with van der Waals surface area (Å²) in [5.74, 6) is -3.92. The van der Waals surface area contributed by atoms with Crippen molar-refractivity contribution in [2.75, 3.05) is 19.8 Å². The van der Waals surface area contributed by atoms with E-state index in [1.54, 1.807) is 0 Å². The molecule has 4 rings (SSSR count). The average Bonchev–Trinajstić information content (AvgIpc) is 2.80. The first-order chi connectivity index (χ1) is 10.8. The number of hydrogen-bond acceptors (Lipinski definition) is 11. The highest BCUT2D eigenvalue weighted by molar-refractivity contribution is 5.06. The molecule has 4 aliphatic heterocycles. The Hall–Kier alpha value is -0.440. The lowest BCUT2D eigenvalue weighted by molar-refractivity contribution is -0.517. The van der Waals surface area contributed by atoms with Crippen molar-refractivity contribution in [1.29, 1.82) is 0 Å². The van der Waals surface area contributed by atoms with E-state index < -0.39 is 74.3 Å². The Morgan fingerprint density at radius 3 is 2.00 bits per heavy atom. The standard InChI is InChI=1S/C12H20O11/c13-1-4-5(16)8(18)11(2-14,20-4)22-10-6(17)7-9(19)12(3-15,21-7)23-10/h4-10,13-19H,1-3H2/t4-,5+,6+,7?,8?,9+,10+,11+,12?/m1/s1. The van der Waals surface area contributed by atoms with E-state index in [1.165, 1.54) is 0 Å². The van der Waals surface area contributed by atoms with Crippen LogP contribution >= 0.6 is 0 Å².